The Balaban J connectivity index is 1.87. The average molecular weight is 497 g/mol. The van der Waals surface area contributed by atoms with Gasteiger partial charge in [0.1, 0.15) is 17.3 Å². The van der Waals surface area contributed by atoms with Crippen molar-refractivity contribution >= 4 is 23.1 Å². The van der Waals surface area contributed by atoms with E-state index in [1.807, 2.05) is 19.9 Å². The monoisotopic (exact) mass is 496 g/mol. The van der Waals surface area contributed by atoms with E-state index in [0.717, 1.165) is 12.8 Å². The van der Waals surface area contributed by atoms with Gasteiger partial charge in [-0.05, 0) is 66.9 Å². The third-order valence-corrected chi connectivity index (χ3v) is 5.95. The summed E-state index contributed by atoms with van der Waals surface area (Å²) in [6, 6.07) is 21.5. The van der Waals surface area contributed by atoms with Crippen molar-refractivity contribution in [3.8, 4) is 17.6 Å². The van der Waals surface area contributed by atoms with Gasteiger partial charge in [-0.1, -0.05) is 38.1 Å². The molecule has 1 aliphatic rings. The molecule has 1 saturated heterocycles. The smallest absolute Gasteiger partial charge is 0.300 e. The van der Waals surface area contributed by atoms with Crippen molar-refractivity contribution in [3.63, 3.8) is 0 Å². The van der Waals surface area contributed by atoms with Gasteiger partial charge in [0.15, 0.2) is 0 Å². The molecule has 4 rings (SSSR count). The minimum absolute atomic E-state index is 0.0327. The van der Waals surface area contributed by atoms with E-state index in [4.69, 9.17) is 9.47 Å². The number of ketones is 1. The fourth-order valence-electron chi connectivity index (χ4n) is 4.21. The molecule has 188 valence electrons. The van der Waals surface area contributed by atoms with E-state index in [0.29, 0.717) is 47.1 Å². The maximum atomic E-state index is 13.4. The Morgan fingerprint density at radius 2 is 1.54 bits per heavy atom. The van der Waals surface area contributed by atoms with Crippen molar-refractivity contribution in [2.45, 2.75) is 32.7 Å². The molecule has 0 saturated carbocycles. The van der Waals surface area contributed by atoms with E-state index in [2.05, 4.69) is 6.07 Å². The van der Waals surface area contributed by atoms with E-state index >= 15 is 0 Å². The van der Waals surface area contributed by atoms with Gasteiger partial charge in [0.2, 0.25) is 0 Å². The summed E-state index contributed by atoms with van der Waals surface area (Å²) in [5.74, 6) is -0.707. The minimum Gasteiger partial charge on any atom is -0.507 e. The summed E-state index contributed by atoms with van der Waals surface area (Å²) < 4.78 is 11.5. The number of hydrogen-bond donors (Lipinski definition) is 1. The molecule has 1 unspecified atom stereocenters. The van der Waals surface area contributed by atoms with Gasteiger partial charge < -0.3 is 14.6 Å². The van der Waals surface area contributed by atoms with Crippen LogP contribution in [0.1, 0.15) is 49.4 Å². The number of Topliss-reactive ketones (excluding diaryl/α,β-unsaturated/α-hetero) is 1. The van der Waals surface area contributed by atoms with Crippen LogP contribution in [0.2, 0.25) is 0 Å². The molecule has 1 N–H and O–H groups in total. The summed E-state index contributed by atoms with van der Waals surface area (Å²) >= 11 is 0. The first-order valence-electron chi connectivity index (χ1n) is 12.3. The molecular weight excluding hydrogens is 468 g/mol. The first-order valence-corrected chi connectivity index (χ1v) is 12.3. The third-order valence-electron chi connectivity index (χ3n) is 5.95. The van der Waals surface area contributed by atoms with Gasteiger partial charge in [0, 0.05) is 11.3 Å². The number of anilines is 1. The molecule has 1 amide bonds. The standard InChI is InChI=1S/C30H28N2O5/c1-3-15-36-24-9-5-7-21(17-24)27-26(28(33)22-8-6-10-25(18-22)37-16-4-2)29(34)30(35)32(27)23-13-11-20(19-31)12-14-23/h5-14,17-18,27,33H,3-4,15-16H2,1-2H3/b28-26-. The molecular formula is C30H28N2O5. The highest BCUT2D eigenvalue weighted by molar-refractivity contribution is 6.51. The quantitative estimate of drug-likeness (QED) is 0.230. The van der Waals surface area contributed by atoms with Crippen LogP contribution in [0.15, 0.2) is 78.4 Å². The molecule has 1 atom stereocenters. The zero-order chi connectivity index (χ0) is 26.4. The van der Waals surface area contributed by atoms with Crippen molar-refractivity contribution in [3.05, 3.63) is 95.1 Å². The summed E-state index contributed by atoms with van der Waals surface area (Å²) in [5.41, 5.74) is 1.81. The van der Waals surface area contributed by atoms with Crippen molar-refractivity contribution in [1.82, 2.24) is 0 Å². The number of benzene rings is 3. The molecule has 0 aliphatic carbocycles. The highest BCUT2D eigenvalue weighted by Crippen LogP contribution is 2.43. The highest BCUT2D eigenvalue weighted by Gasteiger charge is 2.47. The maximum Gasteiger partial charge on any atom is 0.300 e. The van der Waals surface area contributed by atoms with Gasteiger partial charge in [-0.25, -0.2) is 0 Å². The summed E-state index contributed by atoms with van der Waals surface area (Å²) in [6.45, 7) is 5.02. The predicted octanol–water partition coefficient (Wildman–Crippen LogP) is 5.76. The largest absolute Gasteiger partial charge is 0.507 e. The van der Waals surface area contributed by atoms with Crippen LogP contribution in [-0.2, 0) is 9.59 Å². The number of amides is 1. The number of aliphatic hydroxyl groups excluding tert-OH is 1. The van der Waals surface area contributed by atoms with Crippen LogP contribution in [0.25, 0.3) is 5.76 Å². The van der Waals surface area contributed by atoms with Crippen LogP contribution in [0.4, 0.5) is 5.69 Å². The Bertz CT molecular complexity index is 1370. The zero-order valence-corrected chi connectivity index (χ0v) is 20.8. The predicted molar refractivity (Wildman–Crippen MR) is 140 cm³/mol. The van der Waals surface area contributed by atoms with Crippen LogP contribution in [0.3, 0.4) is 0 Å². The molecule has 3 aromatic rings. The number of hydrogen-bond acceptors (Lipinski definition) is 6. The molecule has 3 aromatic carbocycles. The van der Waals surface area contributed by atoms with Crippen LogP contribution in [0, 0.1) is 11.3 Å². The highest BCUT2D eigenvalue weighted by atomic mass is 16.5. The molecule has 0 aromatic heterocycles. The van der Waals surface area contributed by atoms with Crippen molar-refractivity contribution in [2.24, 2.45) is 0 Å². The lowest BCUT2D eigenvalue weighted by molar-refractivity contribution is -0.132. The van der Waals surface area contributed by atoms with E-state index in [9.17, 15) is 20.0 Å². The summed E-state index contributed by atoms with van der Waals surface area (Å²) in [6.07, 6.45) is 1.65. The number of carbonyl (C=O) groups excluding carboxylic acids is 2. The number of carbonyl (C=O) groups is 2. The topological polar surface area (TPSA) is 99.9 Å². The van der Waals surface area contributed by atoms with Crippen molar-refractivity contribution in [1.29, 1.82) is 5.26 Å². The molecule has 1 aliphatic heterocycles. The Morgan fingerprint density at radius 1 is 0.919 bits per heavy atom. The van der Waals surface area contributed by atoms with Gasteiger partial charge in [-0.2, -0.15) is 5.26 Å². The summed E-state index contributed by atoms with van der Waals surface area (Å²) in [4.78, 5) is 28.1. The van der Waals surface area contributed by atoms with E-state index in [1.54, 1.807) is 66.7 Å². The van der Waals surface area contributed by atoms with Crippen LogP contribution >= 0.6 is 0 Å². The van der Waals surface area contributed by atoms with Gasteiger partial charge in [0.25, 0.3) is 11.7 Å². The molecule has 0 bridgehead atoms. The fourth-order valence-corrected chi connectivity index (χ4v) is 4.21. The van der Waals surface area contributed by atoms with Crippen LogP contribution in [0.5, 0.6) is 11.5 Å². The van der Waals surface area contributed by atoms with Gasteiger partial charge in [0.05, 0.1) is 36.5 Å². The normalized spacial score (nSPS) is 16.5. The van der Waals surface area contributed by atoms with Gasteiger partial charge >= 0.3 is 0 Å². The fraction of sp³-hybridized carbons (Fsp3) is 0.233. The van der Waals surface area contributed by atoms with E-state index < -0.39 is 17.7 Å². The lowest BCUT2D eigenvalue weighted by Crippen LogP contribution is -2.29. The number of nitriles is 1. The van der Waals surface area contributed by atoms with Crippen LogP contribution in [-0.4, -0.2) is 30.0 Å². The molecule has 0 radical (unpaired) electrons. The van der Waals surface area contributed by atoms with Gasteiger partial charge in [-0.3, -0.25) is 14.5 Å². The Kier molecular flexibility index (Phi) is 7.89. The number of rotatable bonds is 9. The maximum absolute atomic E-state index is 13.4. The Morgan fingerprint density at radius 3 is 2.16 bits per heavy atom. The molecule has 7 heteroatoms. The van der Waals surface area contributed by atoms with E-state index in [-0.39, 0.29) is 11.3 Å². The molecule has 1 fully saturated rings. The zero-order valence-electron chi connectivity index (χ0n) is 20.8. The molecule has 7 nitrogen and oxygen atoms in total. The lowest BCUT2D eigenvalue weighted by atomic mass is 9.95. The second kappa shape index (κ2) is 11.4. The first-order chi connectivity index (χ1) is 18.0. The van der Waals surface area contributed by atoms with Crippen molar-refractivity contribution < 1.29 is 24.2 Å². The third kappa shape index (κ3) is 5.34. The number of ether oxygens (including phenoxy) is 2. The average Bonchev–Trinajstić information content (AvgIpc) is 3.20. The number of nitrogens with zero attached hydrogens (tertiary/aromatic N) is 2. The van der Waals surface area contributed by atoms with Crippen molar-refractivity contribution in [2.75, 3.05) is 18.1 Å². The number of aliphatic hydroxyl groups is 1. The minimum atomic E-state index is -0.904. The lowest BCUT2D eigenvalue weighted by Gasteiger charge is -2.26. The summed E-state index contributed by atoms with van der Waals surface area (Å²) in [5, 5.41) is 20.6. The second-order valence-corrected chi connectivity index (χ2v) is 8.63. The van der Waals surface area contributed by atoms with Crippen LogP contribution < -0.4 is 14.4 Å². The molecule has 1 heterocycles. The Hall–Kier alpha value is -4.57. The SMILES string of the molecule is CCCOc1cccc(/C(O)=C2/C(=O)C(=O)N(c3ccc(C#N)cc3)C2c2cccc(OCCC)c2)c1. The molecule has 37 heavy (non-hydrogen) atoms. The van der Waals surface area contributed by atoms with Gasteiger partial charge in [-0.15, -0.1) is 0 Å². The first kappa shape index (κ1) is 25.5. The molecule has 0 spiro atoms. The Labute approximate surface area is 216 Å². The van der Waals surface area contributed by atoms with E-state index in [1.165, 1.54) is 4.90 Å². The summed E-state index contributed by atoms with van der Waals surface area (Å²) in [7, 11) is 0. The second-order valence-electron chi connectivity index (χ2n) is 8.63.